The molecule has 0 aliphatic rings. The first kappa shape index (κ1) is 71.6. The van der Waals surface area contributed by atoms with Crippen molar-refractivity contribution in [3.8, 4) is 0 Å². The van der Waals surface area contributed by atoms with Crippen LogP contribution in [0, 0.1) is 71.0 Å². The van der Waals surface area contributed by atoms with E-state index in [1.807, 2.05) is 0 Å². The van der Waals surface area contributed by atoms with Gasteiger partial charge >= 0.3 is 11.9 Å². The minimum atomic E-state index is -0.877. The van der Waals surface area contributed by atoms with Gasteiger partial charge in [-0.15, -0.1) is 0 Å². The summed E-state index contributed by atoms with van der Waals surface area (Å²) in [7, 11) is 6.17. The van der Waals surface area contributed by atoms with E-state index in [2.05, 4.69) is 125 Å². The summed E-state index contributed by atoms with van der Waals surface area (Å²) in [6.07, 6.45) is 35.4. The van der Waals surface area contributed by atoms with Gasteiger partial charge in [-0.25, -0.2) is 0 Å². The lowest BCUT2D eigenvalue weighted by Crippen LogP contribution is -2.64. The molecule has 0 fully saturated rings. The fourth-order valence-electron chi connectivity index (χ4n) is 11.4. The summed E-state index contributed by atoms with van der Waals surface area (Å²) in [6.45, 7) is 35.1. The minimum absolute atomic E-state index is 0.0560. The van der Waals surface area contributed by atoms with Crippen LogP contribution in [0.2, 0.25) is 0 Å². The average molecular weight is 1030 g/mol. The van der Waals surface area contributed by atoms with Crippen LogP contribution in [-0.4, -0.2) is 62.1 Å². The maximum atomic E-state index is 14.2. The monoisotopic (exact) mass is 1030 g/mol. The Morgan fingerprint density at radius 2 is 0.521 bits per heavy atom. The first-order valence-corrected chi connectivity index (χ1v) is 31.9. The Morgan fingerprint density at radius 3 is 0.740 bits per heavy atom. The molecule has 0 N–H and O–H groups in total. The predicted molar refractivity (Wildman–Crippen MR) is 318 cm³/mol. The van der Waals surface area contributed by atoms with Crippen molar-refractivity contribution >= 4 is 17.7 Å². The van der Waals surface area contributed by atoms with Crippen LogP contribution in [-0.2, 0) is 23.9 Å². The normalized spacial score (nSPS) is 16.9. The molecule has 0 saturated heterocycles. The van der Waals surface area contributed by atoms with Crippen molar-refractivity contribution < 1.29 is 28.3 Å². The molecule has 0 aromatic heterocycles. The van der Waals surface area contributed by atoms with E-state index in [0.717, 1.165) is 74.0 Å². The Bertz CT molecular complexity index is 1290. The summed E-state index contributed by atoms with van der Waals surface area (Å²) in [4.78, 5) is 41.4. The molecule has 0 bridgehead atoms. The van der Waals surface area contributed by atoms with Crippen molar-refractivity contribution in [2.75, 3.05) is 34.4 Å². The maximum absolute atomic E-state index is 14.2. The van der Waals surface area contributed by atoms with Gasteiger partial charge in [0.05, 0.1) is 27.6 Å². The van der Waals surface area contributed by atoms with Crippen LogP contribution < -0.4 is 0 Å². The third-order valence-corrected chi connectivity index (χ3v) is 17.4. The van der Waals surface area contributed by atoms with Gasteiger partial charge in [-0.1, -0.05) is 277 Å². The van der Waals surface area contributed by atoms with E-state index in [1.54, 1.807) is 0 Å². The SMILES string of the molecule is CC(C)CCCC(C)CCCC(C)CCCC(C)CC(=O)CC(COC(=O)CC(C)CCCC(C)CCCC(C)CCCC(C)C)(COC(=O)CC(C)CCCC(C)CCCC(C)CCCC(C)C)[N+](C)(C)C. The van der Waals surface area contributed by atoms with E-state index in [-0.39, 0.29) is 55.1 Å². The quantitative estimate of drug-likeness (QED) is 0.0449. The number of ketones is 1. The van der Waals surface area contributed by atoms with E-state index in [1.165, 1.54) is 135 Å². The highest BCUT2D eigenvalue weighted by Gasteiger charge is 2.48. The zero-order valence-corrected chi connectivity index (χ0v) is 52.8. The van der Waals surface area contributed by atoms with Crippen molar-refractivity contribution in [1.82, 2.24) is 0 Å². The summed E-state index contributed by atoms with van der Waals surface area (Å²) < 4.78 is 12.7. The van der Waals surface area contributed by atoms with Crippen LogP contribution in [0.5, 0.6) is 0 Å². The molecule has 0 rings (SSSR count). The van der Waals surface area contributed by atoms with E-state index in [4.69, 9.17) is 9.47 Å². The van der Waals surface area contributed by atoms with E-state index >= 15 is 0 Å². The highest BCUT2D eigenvalue weighted by Crippen LogP contribution is 2.31. The predicted octanol–water partition coefficient (Wildman–Crippen LogP) is 19.9. The molecule has 6 heteroatoms. The van der Waals surface area contributed by atoms with Crippen LogP contribution in [0.3, 0.4) is 0 Å². The highest BCUT2D eigenvalue weighted by atomic mass is 16.5. The van der Waals surface area contributed by atoms with Crippen LogP contribution >= 0.6 is 0 Å². The van der Waals surface area contributed by atoms with Gasteiger partial charge in [0, 0.05) is 19.3 Å². The summed E-state index contributed by atoms with van der Waals surface area (Å²) in [5.41, 5.74) is -0.877. The van der Waals surface area contributed by atoms with Crippen LogP contribution in [0.15, 0.2) is 0 Å². The molecule has 6 nitrogen and oxygen atoms in total. The molecule has 0 radical (unpaired) electrons. The Labute approximate surface area is 458 Å². The number of hydrogen-bond acceptors (Lipinski definition) is 5. The largest absolute Gasteiger partial charge is 0.459 e. The van der Waals surface area contributed by atoms with Gasteiger partial charge in [0.2, 0.25) is 0 Å². The van der Waals surface area contributed by atoms with Crippen molar-refractivity contribution in [3.05, 3.63) is 0 Å². The second-order valence-corrected chi connectivity index (χ2v) is 28.4. The third kappa shape index (κ3) is 40.5. The number of esters is 2. The topological polar surface area (TPSA) is 69.7 Å². The summed E-state index contributed by atoms with van der Waals surface area (Å²) in [5, 5.41) is 0. The lowest BCUT2D eigenvalue weighted by molar-refractivity contribution is -0.924. The molecular formula is C67H132NO5+. The number of carbonyl (C=O) groups is 3. The summed E-state index contributed by atoms with van der Waals surface area (Å²) in [6, 6.07) is 0. The first-order valence-electron chi connectivity index (χ1n) is 31.9. The Kier molecular flexibility index (Phi) is 40.8. The van der Waals surface area contributed by atoms with Crippen LogP contribution in [0.4, 0.5) is 0 Å². The molecule has 0 saturated carbocycles. The number of quaternary nitrogens is 1. The molecule has 0 heterocycles. The van der Waals surface area contributed by atoms with Crippen molar-refractivity contribution in [2.45, 2.75) is 308 Å². The Morgan fingerprint density at radius 1 is 0.315 bits per heavy atom. The molecule has 73 heavy (non-hydrogen) atoms. The number of likely N-dealkylation sites (N-methyl/N-ethyl adjacent to an activating group) is 1. The molecule has 0 spiro atoms. The van der Waals surface area contributed by atoms with Crippen molar-refractivity contribution in [3.63, 3.8) is 0 Å². The second-order valence-electron chi connectivity index (χ2n) is 28.4. The lowest BCUT2D eigenvalue weighted by Gasteiger charge is -2.45. The van der Waals surface area contributed by atoms with Gasteiger partial charge in [0.15, 0.2) is 5.54 Å². The smallest absolute Gasteiger partial charge is 0.306 e. The number of carbonyl (C=O) groups excluding carboxylic acids is 3. The van der Waals surface area contributed by atoms with Crippen LogP contribution in [0.1, 0.15) is 303 Å². The lowest BCUT2D eigenvalue weighted by atomic mass is 9.86. The van der Waals surface area contributed by atoms with Crippen molar-refractivity contribution in [1.29, 1.82) is 0 Å². The summed E-state index contributed by atoms with van der Waals surface area (Å²) in [5.74, 6) is 7.43. The molecular weight excluding hydrogens is 899 g/mol. The van der Waals surface area contributed by atoms with Crippen LogP contribution in [0.25, 0.3) is 0 Å². The molecule has 0 aliphatic heterocycles. The zero-order valence-electron chi connectivity index (χ0n) is 52.8. The first-order chi connectivity index (χ1) is 34.2. The van der Waals surface area contributed by atoms with Gasteiger partial charge in [0.1, 0.15) is 19.0 Å². The Balaban J connectivity index is 5.46. The fourth-order valence-corrected chi connectivity index (χ4v) is 11.4. The van der Waals surface area contributed by atoms with E-state index in [9.17, 15) is 14.4 Å². The zero-order chi connectivity index (χ0) is 55.4. The second kappa shape index (κ2) is 41.6. The van der Waals surface area contributed by atoms with Gasteiger partial charge in [-0.3, -0.25) is 14.4 Å². The number of Topliss-reactive ketones (excluding diaryl/α,β-unsaturated/α-hetero) is 1. The van der Waals surface area contributed by atoms with Crippen molar-refractivity contribution in [2.24, 2.45) is 71.0 Å². The number of rotatable bonds is 49. The van der Waals surface area contributed by atoms with Gasteiger partial charge in [0.25, 0.3) is 0 Å². The number of ether oxygens (including phenoxy) is 2. The van der Waals surface area contributed by atoms with Gasteiger partial charge in [-0.2, -0.15) is 0 Å². The molecule has 0 aliphatic carbocycles. The van der Waals surface area contributed by atoms with Gasteiger partial charge < -0.3 is 14.0 Å². The molecule has 0 amide bonds. The van der Waals surface area contributed by atoms with E-state index in [0.29, 0.717) is 41.5 Å². The number of hydrogen-bond donors (Lipinski definition) is 0. The molecule has 434 valence electrons. The number of nitrogens with zero attached hydrogens (tertiary/aromatic N) is 1. The van der Waals surface area contributed by atoms with Gasteiger partial charge in [-0.05, 0) is 71.0 Å². The average Bonchev–Trinajstić information content (AvgIpc) is 3.26. The molecule has 0 aromatic rings. The highest BCUT2D eigenvalue weighted by molar-refractivity contribution is 5.80. The van der Waals surface area contributed by atoms with E-state index < -0.39 is 5.54 Å². The maximum Gasteiger partial charge on any atom is 0.306 e. The minimum Gasteiger partial charge on any atom is -0.459 e. The fraction of sp³-hybridized carbons (Fsp3) is 0.955. The molecule has 9 atom stereocenters. The Hall–Kier alpha value is -1.43. The molecule has 9 unspecified atom stereocenters. The molecule has 0 aromatic carbocycles. The standard InChI is InChI=1S/C67H132NO5/c1-52(2)28-19-31-55(7)34-22-37-58(10)40-25-43-61(13)46-64(69)49-67(68(16,17)18,50-72-65(70)47-62(14)44-26-41-59(11)38-23-35-56(8)32-20-29-53(3)4)51-73-66(71)48-63(15)45-27-42-60(12)39-24-36-57(9)33-21-30-54(5)6/h52-63H,19-51H2,1-18H3/q+1. The third-order valence-electron chi connectivity index (χ3n) is 17.4. The summed E-state index contributed by atoms with van der Waals surface area (Å²) >= 11 is 0.